The monoisotopic (exact) mass is 296 g/mol. The molecular weight excluding hydrogens is 267 g/mol. The van der Waals surface area contributed by atoms with Gasteiger partial charge >= 0.3 is 0 Å². The molecule has 5 heteroatoms. The zero-order valence-corrected chi connectivity index (χ0v) is 13.8. The van der Waals surface area contributed by atoms with Crippen molar-refractivity contribution in [3.05, 3.63) is 12.2 Å². The molecule has 0 aromatic heterocycles. The Morgan fingerprint density at radius 1 is 1.28 bits per heavy atom. The molecule has 0 spiro atoms. The van der Waals surface area contributed by atoms with Gasteiger partial charge in [0, 0.05) is 13.0 Å². The number of methoxy groups -OCH3 is 1. The highest BCUT2D eigenvalue weighted by molar-refractivity contribution is 8.37. The largest absolute Gasteiger partial charge is 0.381 e. The molecule has 108 valence electrons. The highest BCUT2D eigenvalue weighted by atomic mass is 32.7. The van der Waals surface area contributed by atoms with Gasteiger partial charge in [-0.25, -0.2) is 8.42 Å². The van der Waals surface area contributed by atoms with Gasteiger partial charge in [-0.15, -0.1) is 0 Å². The molecule has 0 saturated carbocycles. The van der Waals surface area contributed by atoms with E-state index in [0.29, 0.717) is 5.92 Å². The van der Waals surface area contributed by atoms with Crippen molar-refractivity contribution in [3.63, 3.8) is 0 Å². The second-order valence-corrected chi connectivity index (χ2v) is 8.47. The summed E-state index contributed by atoms with van der Waals surface area (Å²) in [4.78, 5) is 0. The zero-order valence-electron chi connectivity index (χ0n) is 13.0. The molecule has 0 aromatic rings. The number of allylic oxidation sites excluding steroid dienone is 1. The van der Waals surface area contributed by atoms with E-state index < -0.39 is 17.8 Å². The minimum Gasteiger partial charge on any atom is -0.381 e. The van der Waals surface area contributed by atoms with Gasteiger partial charge in [0.2, 0.25) is 0 Å². The van der Waals surface area contributed by atoms with Crippen LogP contribution in [-0.2, 0) is 14.2 Å². The first-order chi connectivity index (χ1) is 8.77. The van der Waals surface area contributed by atoms with Crippen LogP contribution in [-0.4, -0.2) is 28.7 Å². The SMILES string of the molecule is [3H]PS(=O)(=O)C[C@H](C)[C@@H](C)/C=C/[C@H](C)[C@H](CC)OC. The lowest BCUT2D eigenvalue weighted by Crippen LogP contribution is -2.19. The number of ether oxygens (including phenoxy) is 1. The molecule has 0 saturated heterocycles. The van der Waals surface area contributed by atoms with Crippen LogP contribution in [0.2, 0.25) is 0 Å². The average Bonchev–Trinajstić information content (AvgIpc) is 2.36. The second-order valence-electron chi connectivity index (χ2n) is 5.04. The Morgan fingerprint density at radius 3 is 2.28 bits per heavy atom. The van der Waals surface area contributed by atoms with E-state index in [-0.39, 0.29) is 23.7 Å². The summed E-state index contributed by atoms with van der Waals surface area (Å²) in [5.41, 5.74) is 0. The van der Waals surface area contributed by atoms with Gasteiger partial charge in [-0.3, -0.25) is 0 Å². The Balaban J connectivity index is 4.47. The molecule has 3 nitrogen and oxygen atoms in total. The summed E-state index contributed by atoms with van der Waals surface area (Å²) >= 11 is 0. The average molecular weight is 296 g/mol. The highest BCUT2D eigenvalue weighted by Crippen LogP contribution is 2.20. The van der Waals surface area contributed by atoms with Crippen LogP contribution in [0.5, 0.6) is 0 Å². The Morgan fingerprint density at radius 2 is 1.83 bits per heavy atom. The lowest BCUT2D eigenvalue weighted by molar-refractivity contribution is 0.0711. The van der Waals surface area contributed by atoms with Gasteiger partial charge < -0.3 is 4.74 Å². The molecule has 0 aromatic carbocycles. The Kier molecular flexibility index (Phi) is 7.43. The van der Waals surface area contributed by atoms with Gasteiger partial charge in [0.15, 0.2) is 9.46 Å². The van der Waals surface area contributed by atoms with Gasteiger partial charge in [0.05, 0.1) is 13.1 Å². The first-order valence-electron chi connectivity index (χ1n) is 6.89. The minimum atomic E-state index is -3.19. The van der Waals surface area contributed by atoms with Crippen LogP contribution in [0.4, 0.5) is 0 Å². The molecule has 0 N–H and O–H groups in total. The normalized spacial score (nSPS) is 21.1. The molecule has 1 unspecified atom stereocenters. The van der Waals surface area contributed by atoms with Crippen LogP contribution >= 0.6 is 8.39 Å². The zero-order chi connectivity index (χ0) is 15.1. The maximum absolute atomic E-state index is 11.4. The molecule has 0 aliphatic heterocycles. The fourth-order valence-corrected chi connectivity index (χ4v) is 3.70. The van der Waals surface area contributed by atoms with Crippen molar-refractivity contribution in [1.29, 1.82) is 1.28 Å². The van der Waals surface area contributed by atoms with Crippen molar-refractivity contribution in [2.75, 3.05) is 12.9 Å². The quantitative estimate of drug-likeness (QED) is 0.485. The van der Waals surface area contributed by atoms with E-state index in [4.69, 9.17) is 6.02 Å². The molecule has 0 heterocycles. The Labute approximate surface area is 116 Å². The van der Waals surface area contributed by atoms with E-state index in [0.717, 1.165) is 6.42 Å². The molecule has 5 atom stereocenters. The van der Waals surface area contributed by atoms with Crippen molar-refractivity contribution < 1.29 is 13.2 Å². The number of hydrogen-bond acceptors (Lipinski definition) is 3. The summed E-state index contributed by atoms with van der Waals surface area (Å²) in [6.45, 7) is 8.13. The third-order valence-corrected chi connectivity index (χ3v) is 4.85. The summed E-state index contributed by atoms with van der Waals surface area (Å²) in [6, 6.07) is 0. The van der Waals surface area contributed by atoms with Crippen LogP contribution in [0.1, 0.15) is 34.1 Å². The van der Waals surface area contributed by atoms with E-state index in [1.807, 2.05) is 13.8 Å². The maximum Gasteiger partial charge on any atom is 0.161 e. The van der Waals surface area contributed by atoms with Crippen molar-refractivity contribution in [3.8, 4) is 0 Å². The van der Waals surface area contributed by atoms with Crippen LogP contribution < -0.4 is 0 Å². The predicted molar refractivity (Wildman–Crippen MR) is 81.2 cm³/mol. The molecule has 0 amide bonds. The van der Waals surface area contributed by atoms with Crippen LogP contribution in [0.15, 0.2) is 12.2 Å². The molecule has 0 rings (SSSR count). The van der Waals surface area contributed by atoms with Crippen LogP contribution in [0.3, 0.4) is 0 Å². The fourth-order valence-electron chi connectivity index (χ4n) is 1.92. The summed E-state index contributed by atoms with van der Waals surface area (Å²) in [5.74, 6) is 0.632. The first-order valence-corrected chi connectivity index (χ1v) is 9.27. The maximum atomic E-state index is 11.4. The third-order valence-electron chi connectivity index (χ3n) is 3.39. The van der Waals surface area contributed by atoms with Crippen molar-refractivity contribution in [1.82, 2.24) is 0 Å². The van der Waals surface area contributed by atoms with E-state index in [1.165, 1.54) is 0 Å². The van der Waals surface area contributed by atoms with Gasteiger partial charge in [-0.1, -0.05) is 39.8 Å². The van der Waals surface area contributed by atoms with E-state index in [2.05, 4.69) is 26.0 Å². The summed E-state index contributed by atoms with van der Waals surface area (Å²) in [6.07, 6.45) is 5.34. The summed E-state index contributed by atoms with van der Waals surface area (Å²) in [5, 5.41) is 0. The van der Waals surface area contributed by atoms with Crippen LogP contribution in [0.25, 0.3) is 0 Å². The molecule has 0 bridgehead atoms. The van der Waals surface area contributed by atoms with Crippen molar-refractivity contribution >= 4 is 17.8 Å². The van der Waals surface area contributed by atoms with Crippen LogP contribution in [0, 0.1) is 17.8 Å². The molecular formula is C13H27O3PS. The van der Waals surface area contributed by atoms with Crippen molar-refractivity contribution in [2.45, 2.75) is 40.2 Å². The van der Waals surface area contributed by atoms with Crippen molar-refractivity contribution in [2.24, 2.45) is 17.8 Å². The number of hydrogen-bond donors (Lipinski definition) is 0. The third kappa shape index (κ3) is 7.50. The van der Waals surface area contributed by atoms with Gasteiger partial charge in [-0.05, 0) is 26.6 Å². The Hall–Kier alpha value is 0.0800. The van der Waals surface area contributed by atoms with E-state index in [9.17, 15) is 8.42 Å². The van der Waals surface area contributed by atoms with E-state index >= 15 is 0 Å². The molecule has 0 aliphatic rings. The fraction of sp³-hybridized carbons (Fsp3) is 0.846. The lowest BCUT2D eigenvalue weighted by Gasteiger charge is -2.20. The number of rotatable bonds is 9. The predicted octanol–water partition coefficient (Wildman–Crippen LogP) is 3.08. The topological polar surface area (TPSA) is 43.4 Å². The molecule has 18 heavy (non-hydrogen) atoms. The smallest absolute Gasteiger partial charge is 0.161 e. The van der Waals surface area contributed by atoms with Gasteiger partial charge in [-0.2, -0.15) is 0 Å². The van der Waals surface area contributed by atoms with Gasteiger partial charge in [0.1, 0.15) is 0 Å². The Bertz CT molecular complexity index is 366. The summed E-state index contributed by atoms with van der Waals surface area (Å²) in [7, 11) is -2.24. The molecule has 0 radical (unpaired) electrons. The lowest BCUT2D eigenvalue weighted by atomic mass is 9.94. The first kappa shape index (κ1) is 16.1. The van der Waals surface area contributed by atoms with Gasteiger partial charge in [0.25, 0.3) is 0 Å². The standard InChI is InChI=1S/C13H27O3PS/c1-6-13(16-5)11(3)8-7-10(2)12(4)9-18(14,15)17/h7-8,10-13H,6,9,17H2,1-5H3/b8-7+/t10-,11-,12-,13-/m0/s1/i17T/t10-,11-,12-,13-,17?. The molecule has 0 aliphatic carbocycles. The summed E-state index contributed by atoms with van der Waals surface area (Å²) < 4.78 is 35.3. The van der Waals surface area contributed by atoms with E-state index in [1.54, 1.807) is 7.11 Å². The highest BCUT2D eigenvalue weighted by Gasteiger charge is 2.16. The minimum absolute atomic E-state index is 0.0360. The molecule has 0 fully saturated rings. The second kappa shape index (κ2) is 8.29.